The third-order valence-electron chi connectivity index (χ3n) is 3.12. The van der Waals surface area contributed by atoms with Crippen LogP contribution in [0.4, 0.5) is 11.9 Å². The van der Waals surface area contributed by atoms with Gasteiger partial charge in [0.25, 0.3) is 0 Å². The summed E-state index contributed by atoms with van der Waals surface area (Å²) in [5.74, 6) is 1.04. The first kappa shape index (κ1) is 11.1. The van der Waals surface area contributed by atoms with Gasteiger partial charge < -0.3 is 11.1 Å². The predicted molar refractivity (Wildman–Crippen MR) is 71.9 cm³/mol. The van der Waals surface area contributed by atoms with E-state index in [4.69, 9.17) is 5.73 Å². The average molecular weight is 243 g/mol. The summed E-state index contributed by atoms with van der Waals surface area (Å²) in [5.41, 5.74) is 9.28. The van der Waals surface area contributed by atoms with Crippen LogP contribution >= 0.6 is 0 Å². The minimum absolute atomic E-state index is 0.421. The first-order valence-electron chi connectivity index (χ1n) is 6.20. The number of rotatable bonds is 3. The maximum absolute atomic E-state index is 5.93. The minimum Gasteiger partial charge on any atom is -0.368 e. The van der Waals surface area contributed by atoms with E-state index in [1.54, 1.807) is 4.68 Å². The van der Waals surface area contributed by atoms with E-state index in [1.165, 1.54) is 18.4 Å². The molecular formula is C13H17N5. The van der Waals surface area contributed by atoms with Crippen molar-refractivity contribution in [2.75, 3.05) is 11.1 Å². The largest absolute Gasteiger partial charge is 0.368 e. The molecule has 1 aliphatic carbocycles. The summed E-state index contributed by atoms with van der Waals surface area (Å²) in [7, 11) is 0. The normalized spacial score (nSPS) is 14.8. The lowest BCUT2D eigenvalue weighted by Crippen LogP contribution is -2.05. The molecule has 5 heteroatoms. The minimum atomic E-state index is 0.421. The molecule has 0 spiro atoms. The maximum atomic E-state index is 5.93. The van der Waals surface area contributed by atoms with Crippen LogP contribution in [-0.4, -0.2) is 20.8 Å². The van der Waals surface area contributed by atoms with Gasteiger partial charge in [0, 0.05) is 6.04 Å². The molecule has 1 aliphatic rings. The fraction of sp³-hybridized carbons (Fsp3) is 0.385. The van der Waals surface area contributed by atoms with Gasteiger partial charge in [-0.2, -0.15) is 9.67 Å². The Hall–Kier alpha value is -2.04. The molecule has 0 amide bonds. The van der Waals surface area contributed by atoms with Gasteiger partial charge in [-0.1, -0.05) is 17.7 Å². The number of nitrogens with zero attached hydrogens (tertiary/aromatic N) is 3. The monoisotopic (exact) mass is 243 g/mol. The number of nitrogen functional groups attached to an aromatic ring is 1. The van der Waals surface area contributed by atoms with Gasteiger partial charge >= 0.3 is 0 Å². The maximum Gasteiger partial charge on any atom is 0.244 e. The van der Waals surface area contributed by atoms with Crippen molar-refractivity contribution in [2.24, 2.45) is 0 Å². The van der Waals surface area contributed by atoms with Crippen LogP contribution in [0, 0.1) is 13.8 Å². The van der Waals surface area contributed by atoms with Crippen LogP contribution in [0.25, 0.3) is 5.69 Å². The first-order valence-corrected chi connectivity index (χ1v) is 6.20. The summed E-state index contributed by atoms with van der Waals surface area (Å²) in [6.45, 7) is 4.12. The molecule has 2 aromatic rings. The van der Waals surface area contributed by atoms with E-state index < -0.39 is 0 Å². The number of hydrogen-bond acceptors (Lipinski definition) is 4. The van der Waals surface area contributed by atoms with Gasteiger partial charge in [-0.05, 0) is 38.3 Å². The second-order valence-corrected chi connectivity index (χ2v) is 4.91. The Morgan fingerprint density at radius 2 is 2.11 bits per heavy atom. The van der Waals surface area contributed by atoms with Crippen molar-refractivity contribution in [2.45, 2.75) is 32.7 Å². The van der Waals surface area contributed by atoms with Crippen LogP contribution in [0.1, 0.15) is 24.0 Å². The Morgan fingerprint density at radius 3 is 2.78 bits per heavy atom. The molecule has 94 valence electrons. The number of benzene rings is 1. The molecule has 0 saturated heterocycles. The lowest BCUT2D eigenvalue weighted by atomic mass is 10.1. The molecule has 1 aromatic carbocycles. The Bertz CT molecular complexity index is 583. The van der Waals surface area contributed by atoms with Crippen molar-refractivity contribution < 1.29 is 0 Å². The van der Waals surface area contributed by atoms with Gasteiger partial charge in [0.15, 0.2) is 0 Å². The highest BCUT2D eigenvalue weighted by molar-refractivity contribution is 5.48. The van der Waals surface area contributed by atoms with Crippen LogP contribution in [0.3, 0.4) is 0 Å². The number of nitrogens with two attached hydrogens (primary N) is 1. The van der Waals surface area contributed by atoms with E-state index >= 15 is 0 Å². The molecule has 3 rings (SSSR count). The number of aromatic nitrogens is 3. The average Bonchev–Trinajstić information content (AvgIpc) is 3.03. The number of hydrogen-bond donors (Lipinski definition) is 2. The van der Waals surface area contributed by atoms with Crippen molar-refractivity contribution in [3.8, 4) is 5.69 Å². The van der Waals surface area contributed by atoms with Gasteiger partial charge in [-0.25, -0.2) is 0 Å². The molecule has 1 fully saturated rings. The van der Waals surface area contributed by atoms with Crippen molar-refractivity contribution in [1.82, 2.24) is 14.8 Å². The van der Waals surface area contributed by atoms with Gasteiger partial charge in [-0.3, -0.25) is 0 Å². The molecule has 0 radical (unpaired) electrons. The molecular weight excluding hydrogens is 226 g/mol. The molecule has 0 bridgehead atoms. The van der Waals surface area contributed by atoms with Gasteiger partial charge in [-0.15, -0.1) is 5.10 Å². The first-order chi connectivity index (χ1) is 8.63. The third-order valence-corrected chi connectivity index (χ3v) is 3.12. The Balaban J connectivity index is 1.96. The van der Waals surface area contributed by atoms with Crippen molar-refractivity contribution in [3.63, 3.8) is 0 Å². The van der Waals surface area contributed by atoms with E-state index in [-0.39, 0.29) is 0 Å². The Kier molecular flexibility index (Phi) is 2.47. The van der Waals surface area contributed by atoms with E-state index in [9.17, 15) is 0 Å². The highest BCUT2D eigenvalue weighted by Crippen LogP contribution is 2.24. The highest BCUT2D eigenvalue weighted by Gasteiger charge is 2.23. The zero-order valence-corrected chi connectivity index (χ0v) is 10.6. The smallest absolute Gasteiger partial charge is 0.244 e. The molecule has 0 aliphatic heterocycles. The van der Waals surface area contributed by atoms with E-state index in [0.717, 1.165) is 11.3 Å². The van der Waals surface area contributed by atoms with E-state index in [2.05, 4.69) is 41.4 Å². The van der Waals surface area contributed by atoms with Crippen LogP contribution < -0.4 is 11.1 Å². The summed E-state index contributed by atoms with van der Waals surface area (Å²) in [4.78, 5) is 4.25. The summed E-state index contributed by atoms with van der Waals surface area (Å²) < 4.78 is 1.69. The van der Waals surface area contributed by atoms with E-state index in [1.807, 2.05) is 6.07 Å². The molecule has 1 aromatic heterocycles. The number of anilines is 2. The van der Waals surface area contributed by atoms with Gasteiger partial charge in [0.2, 0.25) is 11.9 Å². The van der Waals surface area contributed by atoms with Gasteiger partial charge in [0.05, 0.1) is 5.69 Å². The molecule has 0 unspecified atom stereocenters. The number of nitrogens with one attached hydrogen (secondary N) is 1. The summed E-state index contributed by atoms with van der Waals surface area (Å²) in [5, 5.41) is 7.67. The fourth-order valence-electron chi connectivity index (χ4n) is 2.02. The Morgan fingerprint density at radius 1 is 1.33 bits per heavy atom. The highest BCUT2D eigenvalue weighted by atomic mass is 15.4. The van der Waals surface area contributed by atoms with Crippen molar-refractivity contribution in [1.29, 1.82) is 0 Å². The molecule has 5 nitrogen and oxygen atoms in total. The standard InChI is InChI=1S/C13H17N5/c1-8-3-6-11(9(2)7-8)18-12(14)16-13(17-18)15-10-4-5-10/h3,6-7,10H,4-5H2,1-2H3,(H3,14,15,16,17). The van der Waals surface area contributed by atoms with Crippen LogP contribution in [0.2, 0.25) is 0 Å². The summed E-state index contributed by atoms with van der Waals surface area (Å²) in [6, 6.07) is 6.72. The SMILES string of the molecule is Cc1ccc(-n2nc(NC3CC3)nc2N)c(C)c1. The van der Waals surface area contributed by atoms with Crippen LogP contribution in [0.5, 0.6) is 0 Å². The van der Waals surface area contributed by atoms with Gasteiger partial charge in [0.1, 0.15) is 0 Å². The molecule has 0 atom stereocenters. The van der Waals surface area contributed by atoms with Crippen LogP contribution in [0.15, 0.2) is 18.2 Å². The summed E-state index contributed by atoms with van der Waals surface area (Å²) in [6.07, 6.45) is 2.38. The molecule has 1 heterocycles. The lowest BCUT2D eigenvalue weighted by Gasteiger charge is -2.07. The van der Waals surface area contributed by atoms with Crippen molar-refractivity contribution in [3.05, 3.63) is 29.3 Å². The van der Waals surface area contributed by atoms with E-state index in [0.29, 0.717) is 17.9 Å². The molecule has 3 N–H and O–H groups in total. The van der Waals surface area contributed by atoms with Crippen molar-refractivity contribution >= 4 is 11.9 Å². The summed E-state index contributed by atoms with van der Waals surface area (Å²) >= 11 is 0. The Labute approximate surface area is 106 Å². The topological polar surface area (TPSA) is 68.8 Å². The quantitative estimate of drug-likeness (QED) is 0.865. The zero-order chi connectivity index (χ0) is 12.7. The number of aryl methyl sites for hydroxylation is 2. The zero-order valence-electron chi connectivity index (χ0n) is 10.6. The molecule has 1 saturated carbocycles. The van der Waals surface area contributed by atoms with Crippen LogP contribution in [-0.2, 0) is 0 Å². The fourth-order valence-corrected chi connectivity index (χ4v) is 2.02. The second-order valence-electron chi connectivity index (χ2n) is 4.91. The molecule has 18 heavy (non-hydrogen) atoms. The third kappa shape index (κ3) is 2.03. The lowest BCUT2D eigenvalue weighted by molar-refractivity contribution is 0.879. The predicted octanol–water partition coefficient (Wildman–Crippen LogP) is 2.04. The second kappa shape index (κ2) is 4.01.